The van der Waals surface area contributed by atoms with Crippen LogP contribution in [0.2, 0.25) is 0 Å². The van der Waals surface area contributed by atoms with Crippen LogP contribution in [0.1, 0.15) is 13.3 Å². The first-order chi connectivity index (χ1) is 9.76. The van der Waals surface area contributed by atoms with E-state index in [4.69, 9.17) is 14.2 Å². The molecule has 0 heterocycles. The first-order valence-corrected chi connectivity index (χ1v) is 7.01. The molecule has 3 unspecified atom stereocenters. The van der Waals surface area contributed by atoms with E-state index in [1.165, 1.54) is 6.07 Å². The van der Waals surface area contributed by atoms with Crippen LogP contribution in [-0.4, -0.2) is 45.1 Å². The molecule has 0 amide bonds. The maximum Gasteiger partial charge on any atom is 0.165 e. The van der Waals surface area contributed by atoms with Crippen molar-refractivity contribution in [3.05, 3.63) is 30.1 Å². The predicted molar refractivity (Wildman–Crippen MR) is 74.5 cm³/mol. The lowest BCUT2D eigenvalue weighted by Crippen LogP contribution is -2.61. The van der Waals surface area contributed by atoms with E-state index >= 15 is 0 Å². The zero-order valence-corrected chi connectivity index (χ0v) is 12.0. The van der Waals surface area contributed by atoms with Gasteiger partial charge in [0.15, 0.2) is 11.6 Å². The van der Waals surface area contributed by atoms with Gasteiger partial charge >= 0.3 is 0 Å². The molecule has 1 aromatic carbocycles. The summed E-state index contributed by atoms with van der Waals surface area (Å²) in [4.78, 5) is 0. The van der Waals surface area contributed by atoms with Gasteiger partial charge in [-0.2, -0.15) is 0 Å². The normalized spacial score (nSPS) is 25.2. The highest BCUT2D eigenvalue weighted by molar-refractivity contribution is 5.24. The Labute approximate surface area is 119 Å². The van der Waals surface area contributed by atoms with Gasteiger partial charge in [0.2, 0.25) is 0 Å². The fourth-order valence-corrected chi connectivity index (χ4v) is 2.35. The summed E-state index contributed by atoms with van der Waals surface area (Å²) in [5.41, 5.74) is 0. The van der Waals surface area contributed by atoms with E-state index in [-0.39, 0.29) is 29.8 Å². The molecule has 20 heavy (non-hydrogen) atoms. The minimum Gasteiger partial charge on any atom is -0.485 e. The SMILES string of the molecule is CCNC1CC(Oc2ccccc2F)C1OCCOC. The molecule has 0 spiro atoms. The van der Waals surface area contributed by atoms with Crippen molar-refractivity contribution in [1.29, 1.82) is 0 Å². The second-order valence-electron chi connectivity index (χ2n) is 4.81. The number of likely N-dealkylation sites (N-methyl/N-ethyl adjacent to an activating group) is 1. The third-order valence-corrected chi connectivity index (χ3v) is 3.43. The van der Waals surface area contributed by atoms with Crippen LogP contribution in [0.3, 0.4) is 0 Å². The van der Waals surface area contributed by atoms with Crippen molar-refractivity contribution in [2.45, 2.75) is 31.6 Å². The fourth-order valence-electron chi connectivity index (χ4n) is 2.35. The summed E-state index contributed by atoms with van der Waals surface area (Å²) in [6, 6.07) is 6.71. The monoisotopic (exact) mass is 283 g/mol. The van der Waals surface area contributed by atoms with Crippen molar-refractivity contribution in [3.63, 3.8) is 0 Å². The summed E-state index contributed by atoms with van der Waals surface area (Å²) in [6.07, 6.45) is 0.636. The van der Waals surface area contributed by atoms with Crippen molar-refractivity contribution in [3.8, 4) is 5.75 Å². The number of para-hydroxylation sites is 1. The summed E-state index contributed by atoms with van der Waals surface area (Å²) in [5, 5.41) is 3.35. The van der Waals surface area contributed by atoms with Crippen LogP contribution in [-0.2, 0) is 9.47 Å². The molecule has 1 N–H and O–H groups in total. The van der Waals surface area contributed by atoms with Gasteiger partial charge in [-0.15, -0.1) is 0 Å². The first-order valence-electron chi connectivity index (χ1n) is 7.01. The average Bonchev–Trinajstić information content (AvgIpc) is 2.44. The zero-order chi connectivity index (χ0) is 14.4. The van der Waals surface area contributed by atoms with Gasteiger partial charge in [0.25, 0.3) is 0 Å². The molecular weight excluding hydrogens is 261 g/mol. The number of hydrogen-bond acceptors (Lipinski definition) is 4. The third-order valence-electron chi connectivity index (χ3n) is 3.43. The summed E-state index contributed by atoms with van der Waals surface area (Å²) in [6.45, 7) is 3.99. The molecule has 0 aliphatic heterocycles. The molecule has 3 atom stereocenters. The van der Waals surface area contributed by atoms with Crippen molar-refractivity contribution in [2.75, 3.05) is 26.9 Å². The van der Waals surface area contributed by atoms with Gasteiger partial charge in [-0.3, -0.25) is 0 Å². The van der Waals surface area contributed by atoms with E-state index in [0.717, 1.165) is 13.0 Å². The molecule has 2 rings (SSSR count). The van der Waals surface area contributed by atoms with Crippen LogP contribution in [0.5, 0.6) is 5.75 Å². The van der Waals surface area contributed by atoms with Gasteiger partial charge in [0.05, 0.1) is 13.2 Å². The van der Waals surface area contributed by atoms with Crippen LogP contribution < -0.4 is 10.1 Å². The quantitative estimate of drug-likeness (QED) is 0.741. The maximum absolute atomic E-state index is 13.6. The molecule has 0 radical (unpaired) electrons. The van der Waals surface area contributed by atoms with E-state index < -0.39 is 0 Å². The Morgan fingerprint density at radius 1 is 1.30 bits per heavy atom. The minimum absolute atomic E-state index is 0.0651. The van der Waals surface area contributed by atoms with Crippen LogP contribution in [0, 0.1) is 5.82 Å². The van der Waals surface area contributed by atoms with Crippen LogP contribution in [0.4, 0.5) is 4.39 Å². The number of ether oxygens (including phenoxy) is 3. The third kappa shape index (κ3) is 3.69. The lowest BCUT2D eigenvalue weighted by Gasteiger charge is -2.44. The van der Waals surface area contributed by atoms with Crippen LogP contribution in [0.25, 0.3) is 0 Å². The Morgan fingerprint density at radius 3 is 2.80 bits per heavy atom. The van der Waals surface area contributed by atoms with E-state index in [1.807, 2.05) is 0 Å². The molecule has 1 aliphatic carbocycles. The Bertz CT molecular complexity index is 416. The number of rotatable bonds is 8. The smallest absolute Gasteiger partial charge is 0.165 e. The van der Waals surface area contributed by atoms with Crippen LogP contribution >= 0.6 is 0 Å². The molecule has 1 aromatic rings. The summed E-state index contributed by atoms with van der Waals surface area (Å²) in [7, 11) is 1.64. The first kappa shape index (κ1) is 15.2. The standard InChI is InChI=1S/C15H22FNO3/c1-3-17-12-10-14(15(12)19-9-8-18-2)20-13-7-5-4-6-11(13)16/h4-7,12,14-15,17H,3,8-10H2,1-2H3. The number of halogens is 1. The van der Waals surface area contributed by atoms with Crippen LogP contribution in [0.15, 0.2) is 24.3 Å². The van der Waals surface area contributed by atoms with E-state index in [1.54, 1.807) is 25.3 Å². The van der Waals surface area contributed by atoms with E-state index in [0.29, 0.717) is 13.2 Å². The maximum atomic E-state index is 13.6. The molecule has 0 aromatic heterocycles. The van der Waals surface area contributed by atoms with Gasteiger partial charge in [-0.25, -0.2) is 4.39 Å². The number of hydrogen-bond donors (Lipinski definition) is 1. The highest BCUT2D eigenvalue weighted by Gasteiger charge is 2.43. The highest BCUT2D eigenvalue weighted by atomic mass is 19.1. The van der Waals surface area contributed by atoms with Crippen molar-refractivity contribution in [1.82, 2.24) is 5.32 Å². The topological polar surface area (TPSA) is 39.7 Å². The zero-order valence-electron chi connectivity index (χ0n) is 12.0. The molecule has 0 bridgehead atoms. The second kappa shape index (κ2) is 7.57. The molecule has 1 saturated carbocycles. The summed E-state index contributed by atoms with van der Waals surface area (Å²) in [5.74, 6) is -0.0529. The lowest BCUT2D eigenvalue weighted by atomic mass is 9.85. The van der Waals surface area contributed by atoms with Gasteiger partial charge in [0.1, 0.15) is 12.2 Å². The number of methoxy groups -OCH3 is 1. The molecular formula is C15H22FNO3. The van der Waals surface area contributed by atoms with Crippen molar-refractivity contribution in [2.24, 2.45) is 0 Å². The lowest BCUT2D eigenvalue weighted by molar-refractivity contribution is -0.116. The highest BCUT2D eigenvalue weighted by Crippen LogP contribution is 2.30. The largest absolute Gasteiger partial charge is 0.485 e. The van der Waals surface area contributed by atoms with Gasteiger partial charge < -0.3 is 19.5 Å². The molecule has 5 heteroatoms. The Kier molecular flexibility index (Phi) is 5.76. The Balaban J connectivity index is 1.91. The summed E-state index contributed by atoms with van der Waals surface area (Å²) < 4.78 is 30.1. The molecule has 0 saturated heterocycles. The average molecular weight is 283 g/mol. The van der Waals surface area contributed by atoms with E-state index in [2.05, 4.69) is 12.2 Å². The molecule has 1 aliphatic rings. The number of nitrogens with one attached hydrogen (secondary N) is 1. The molecule has 4 nitrogen and oxygen atoms in total. The van der Waals surface area contributed by atoms with E-state index in [9.17, 15) is 4.39 Å². The fraction of sp³-hybridized carbons (Fsp3) is 0.600. The van der Waals surface area contributed by atoms with Gasteiger partial charge in [0, 0.05) is 19.6 Å². The molecule has 112 valence electrons. The number of benzene rings is 1. The van der Waals surface area contributed by atoms with Gasteiger partial charge in [-0.1, -0.05) is 19.1 Å². The Morgan fingerprint density at radius 2 is 2.10 bits per heavy atom. The molecule has 1 fully saturated rings. The minimum atomic E-state index is -0.338. The van der Waals surface area contributed by atoms with Crippen molar-refractivity contribution < 1.29 is 18.6 Å². The van der Waals surface area contributed by atoms with Gasteiger partial charge in [-0.05, 0) is 18.7 Å². The Hall–Kier alpha value is -1.17. The predicted octanol–water partition coefficient (Wildman–Crippen LogP) is 1.99. The second-order valence-corrected chi connectivity index (χ2v) is 4.81. The summed E-state index contributed by atoms with van der Waals surface area (Å²) >= 11 is 0. The van der Waals surface area contributed by atoms with Crippen molar-refractivity contribution >= 4 is 0 Å².